The van der Waals surface area contributed by atoms with Gasteiger partial charge in [0.25, 0.3) is 0 Å². The molecule has 4 nitrogen and oxygen atoms in total. The molecular weight excluding hydrogens is 413 g/mol. The minimum atomic E-state index is -0.641. The van der Waals surface area contributed by atoms with Gasteiger partial charge in [-0.3, -0.25) is 4.79 Å². The Hall–Kier alpha value is -1.66. The van der Waals surface area contributed by atoms with Crippen molar-refractivity contribution in [3.63, 3.8) is 0 Å². The molecule has 0 radical (unpaired) electrons. The van der Waals surface area contributed by atoms with E-state index in [2.05, 4.69) is 16.7 Å². The predicted molar refractivity (Wildman–Crippen MR) is 121 cm³/mol. The highest BCUT2D eigenvalue weighted by Gasteiger charge is 2.37. The summed E-state index contributed by atoms with van der Waals surface area (Å²) in [6.07, 6.45) is 1.58. The van der Waals surface area contributed by atoms with Crippen LogP contribution in [-0.2, 0) is 16.6 Å². The van der Waals surface area contributed by atoms with Crippen molar-refractivity contribution in [2.24, 2.45) is 0 Å². The lowest BCUT2D eigenvalue weighted by Gasteiger charge is -2.29. The number of rotatable bonds is 5. The van der Waals surface area contributed by atoms with Crippen molar-refractivity contribution in [1.82, 2.24) is 15.6 Å². The van der Waals surface area contributed by atoms with Crippen molar-refractivity contribution in [3.05, 3.63) is 65.2 Å². The number of fused-ring (bicyclic) bond motifs is 1. The molecule has 2 aromatic carbocycles. The van der Waals surface area contributed by atoms with Gasteiger partial charge in [-0.25, -0.2) is 4.98 Å². The monoisotopic (exact) mass is 437 g/mol. The Morgan fingerprint density at radius 1 is 1.18 bits per heavy atom. The quantitative estimate of drug-likeness (QED) is 0.630. The summed E-state index contributed by atoms with van der Waals surface area (Å²) in [6, 6.07) is 18.4. The summed E-state index contributed by atoms with van der Waals surface area (Å²) in [4.78, 5) is 18.0. The van der Waals surface area contributed by atoms with Gasteiger partial charge in [-0.15, -0.1) is 36.2 Å². The summed E-state index contributed by atoms with van der Waals surface area (Å²) >= 11 is 1.68. The first-order valence-corrected chi connectivity index (χ1v) is 9.88. The molecule has 28 heavy (non-hydrogen) atoms. The van der Waals surface area contributed by atoms with Gasteiger partial charge in [0.15, 0.2) is 0 Å². The summed E-state index contributed by atoms with van der Waals surface area (Å²) in [6.45, 7) is 3.84. The van der Waals surface area contributed by atoms with Gasteiger partial charge in [0.2, 0.25) is 5.91 Å². The number of halogens is 2. The number of aromatic nitrogens is 1. The average Bonchev–Trinajstić information content (AvgIpc) is 3.31. The topological polar surface area (TPSA) is 54.0 Å². The molecule has 150 valence electrons. The van der Waals surface area contributed by atoms with E-state index < -0.39 is 5.41 Å². The van der Waals surface area contributed by atoms with Gasteiger partial charge in [-0.2, -0.15) is 0 Å². The molecule has 1 saturated heterocycles. The Bertz CT molecular complexity index is 879. The summed E-state index contributed by atoms with van der Waals surface area (Å²) in [5, 5.41) is 7.56. The molecule has 0 spiro atoms. The number of para-hydroxylation sites is 1. The molecule has 0 bridgehead atoms. The lowest BCUT2D eigenvalue weighted by molar-refractivity contribution is -0.126. The van der Waals surface area contributed by atoms with Gasteiger partial charge < -0.3 is 10.6 Å². The van der Waals surface area contributed by atoms with Gasteiger partial charge in [0, 0.05) is 19.0 Å². The van der Waals surface area contributed by atoms with E-state index in [9.17, 15) is 4.79 Å². The zero-order valence-corrected chi connectivity index (χ0v) is 18.1. The smallest absolute Gasteiger partial charge is 0.231 e. The second kappa shape index (κ2) is 9.70. The molecule has 1 amide bonds. The van der Waals surface area contributed by atoms with Crippen molar-refractivity contribution >= 4 is 52.3 Å². The van der Waals surface area contributed by atoms with Crippen LogP contribution >= 0.6 is 36.2 Å². The van der Waals surface area contributed by atoms with Crippen LogP contribution < -0.4 is 10.6 Å². The SMILES string of the molecule is CC(Cc1nc2ccccc2s1)(C(=O)NC1CCNC1)c1ccccc1.Cl.Cl. The first-order valence-electron chi connectivity index (χ1n) is 9.07. The number of amides is 1. The van der Waals surface area contributed by atoms with E-state index in [1.807, 2.05) is 55.5 Å². The number of carbonyl (C=O) groups excluding carboxylic acids is 1. The molecule has 2 unspecified atom stereocenters. The minimum absolute atomic E-state index is 0. The van der Waals surface area contributed by atoms with E-state index in [0.29, 0.717) is 6.42 Å². The van der Waals surface area contributed by atoms with Crippen LogP contribution in [0.1, 0.15) is 23.9 Å². The third-order valence-corrected chi connectivity index (χ3v) is 6.19. The van der Waals surface area contributed by atoms with E-state index in [1.54, 1.807) is 11.3 Å². The Kier molecular flexibility index (Phi) is 7.84. The Balaban J connectivity index is 0.00000140. The first kappa shape index (κ1) is 22.6. The van der Waals surface area contributed by atoms with Crippen LogP contribution in [0, 0.1) is 0 Å². The number of benzene rings is 2. The van der Waals surface area contributed by atoms with Crippen molar-refractivity contribution in [2.45, 2.75) is 31.2 Å². The second-order valence-corrected chi connectivity index (χ2v) is 8.23. The number of nitrogens with one attached hydrogen (secondary N) is 2. The van der Waals surface area contributed by atoms with E-state index in [1.165, 1.54) is 4.70 Å². The van der Waals surface area contributed by atoms with Gasteiger partial charge in [-0.05, 0) is 37.6 Å². The number of hydrogen-bond acceptors (Lipinski definition) is 4. The molecule has 0 saturated carbocycles. The maximum atomic E-state index is 13.3. The third kappa shape index (κ3) is 4.66. The van der Waals surface area contributed by atoms with Gasteiger partial charge in [-0.1, -0.05) is 42.5 Å². The standard InChI is InChI=1S/C21H23N3OS.2ClH/c1-21(15-7-3-2-4-8-15,20(25)23-16-11-12-22-14-16)13-19-24-17-9-5-6-10-18(17)26-19;;/h2-10,16,22H,11-14H2,1H3,(H,23,25);2*1H. The Morgan fingerprint density at radius 2 is 1.89 bits per heavy atom. The highest BCUT2D eigenvalue weighted by Crippen LogP contribution is 2.32. The summed E-state index contributed by atoms with van der Waals surface area (Å²) in [5.41, 5.74) is 1.39. The predicted octanol–water partition coefficient (Wildman–Crippen LogP) is 4.12. The molecular formula is C21H25Cl2N3OS. The van der Waals surface area contributed by atoms with Crippen LogP contribution in [0.25, 0.3) is 10.2 Å². The average molecular weight is 438 g/mol. The largest absolute Gasteiger partial charge is 0.351 e. The maximum absolute atomic E-state index is 13.3. The van der Waals surface area contributed by atoms with Gasteiger partial charge in [0.1, 0.15) is 0 Å². The maximum Gasteiger partial charge on any atom is 0.231 e. The fourth-order valence-electron chi connectivity index (χ4n) is 3.54. The fraction of sp³-hybridized carbons (Fsp3) is 0.333. The lowest BCUT2D eigenvalue weighted by atomic mass is 9.78. The van der Waals surface area contributed by atoms with E-state index in [4.69, 9.17) is 4.98 Å². The molecule has 1 aromatic heterocycles. The van der Waals surface area contributed by atoms with E-state index >= 15 is 0 Å². The molecule has 0 aliphatic carbocycles. The summed E-state index contributed by atoms with van der Waals surface area (Å²) < 4.78 is 1.17. The molecule has 2 atom stereocenters. The Labute approximate surface area is 182 Å². The second-order valence-electron chi connectivity index (χ2n) is 7.11. The fourth-order valence-corrected chi connectivity index (χ4v) is 4.66. The third-order valence-electron chi connectivity index (χ3n) is 5.15. The molecule has 3 aromatic rings. The van der Waals surface area contributed by atoms with Crippen LogP contribution in [0.4, 0.5) is 0 Å². The van der Waals surface area contributed by atoms with Crippen LogP contribution in [0.3, 0.4) is 0 Å². The normalized spacial score (nSPS) is 18.0. The van der Waals surface area contributed by atoms with Crippen molar-refractivity contribution in [1.29, 1.82) is 0 Å². The van der Waals surface area contributed by atoms with Crippen LogP contribution in [0.5, 0.6) is 0 Å². The lowest BCUT2D eigenvalue weighted by Crippen LogP contribution is -2.48. The van der Waals surface area contributed by atoms with Crippen molar-refractivity contribution in [3.8, 4) is 0 Å². The van der Waals surface area contributed by atoms with E-state index in [0.717, 1.165) is 35.6 Å². The van der Waals surface area contributed by atoms with Crippen LogP contribution in [0.15, 0.2) is 54.6 Å². The molecule has 2 heterocycles. The minimum Gasteiger partial charge on any atom is -0.351 e. The highest BCUT2D eigenvalue weighted by molar-refractivity contribution is 7.18. The molecule has 4 rings (SSSR count). The number of carbonyl (C=O) groups is 1. The van der Waals surface area contributed by atoms with Crippen molar-refractivity contribution < 1.29 is 4.79 Å². The molecule has 1 aliphatic heterocycles. The summed E-state index contributed by atoms with van der Waals surface area (Å²) in [5.74, 6) is 0.0802. The van der Waals surface area contributed by atoms with Crippen LogP contribution in [-0.4, -0.2) is 30.0 Å². The number of hydrogen-bond donors (Lipinski definition) is 2. The number of thiazole rings is 1. The van der Waals surface area contributed by atoms with Crippen molar-refractivity contribution in [2.75, 3.05) is 13.1 Å². The van der Waals surface area contributed by atoms with Gasteiger partial charge >= 0.3 is 0 Å². The van der Waals surface area contributed by atoms with Gasteiger partial charge in [0.05, 0.1) is 20.6 Å². The molecule has 7 heteroatoms. The number of nitrogens with zero attached hydrogens (tertiary/aromatic N) is 1. The molecule has 1 fully saturated rings. The molecule has 1 aliphatic rings. The zero-order chi connectivity index (χ0) is 18.0. The molecule has 2 N–H and O–H groups in total. The Morgan fingerprint density at radius 3 is 2.57 bits per heavy atom. The zero-order valence-electron chi connectivity index (χ0n) is 15.7. The summed E-state index contributed by atoms with van der Waals surface area (Å²) in [7, 11) is 0. The van der Waals surface area contributed by atoms with E-state index in [-0.39, 0.29) is 36.8 Å². The first-order chi connectivity index (χ1) is 12.6. The highest BCUT2D eigenvalue weighted by atomic mass is 35.5. The van der Waals surface area contributed by atoms with Crippen LogP contribution in [0.2, 0.25) is 0 Å².